The molecule has 0 bridgehead atoms. The normalized spacial score (nSPS) is 29.2. The van der Waals surface area contributed by atoms with Crippen LogP contribution in [-0.4, -0.2) is 46.6 Å². The minimum atomic E-state index is -0.508. The van der Waals surface area contributed by atoms with Crippen molar-refractivity contribution >= 4 is 12.6 Å². The van der Waals surface area contributed by atoms with Crippen LogP contribution in [-0.2, 0) is 25.3 Å². The van der Waals surface area contributed by atoms with Gasteiger partial charge in [0.2, 0.25) is 0 Å². The summed E-state index contributed by atoms with van der Waals surface area (Å²) < 4.78 is 25.3. The average molecular weight is 308 g/mol. The molecule has 3 rings (SSSR count). The number of hydrogen-bond acceptors (Lipinski definition) is 5. The summed E-state index contributed by atoms with van der Waals surface area (Å²) in [4.78, 5) is 0. The Kier molecular flexibility index (Phi) is 3.68. The average Bonchev–Trinajstić information content (AvgIpc) is 2.99. The van der Waals surface area contributed by atoms with Crippen LogP contribution in [0.2, 0.25) is 0 Å². The van der Waals surface area contributed by atoms with E-state index in [1.165, 1.54) is 0 Å². The zero-order valence-electron chi connectivity index (χ0n) is 14.3. The Balaban J connectivity index is 1.65. The summed E-state index contributed by atoms with van der Waals surface area (Å²) >= 11 is 0. The second-order valence-electron chi connectivity index (χ2n) is 7.53. The van der Waals surface area contributed by atoms with Gasteiger partial charge in [0.05, 0.1) is 24.4 Å². The Hall–Kier alpha value is -0.885. The number of rotatable bonds is 3. The van der Waals surface area contributed by atoms with Crippen molar-refractivity contribution in [2.45, 2.75) is 71.2 Å². The van der Waals surface area contributed by atoms with Gasteiger partial charge in [0.15, 0.2) is 5.79 Å². The van der Waals surface area contributed by atoms with E-state index in [1.54, 1.807) is 6.20 Å². The zero-order chi connectivity index (χ0) is 16.2. The highest BCUT2D eigenvalue weighted by atomic mass is 16.7. The first-order chi connectivity index (χ1) is 10.1. The second kappa shape index (κ2) is 5.06. The van der Waals surface area contributed by atoms with E-state index in [-0.39, 0.29) is 24.4 Å². The first kappa shape index (κ1) is 16.0. The van der Waals surface area contributed by atoms with Crippen LogP contribution < -0.4 is 5.46 Å². The Morgan fingerprint density at radius 1 is 1.18 bits per heavy atom. The van der Waals surface area contributed by atoms with Gasteiger partial charge in [-0.2, -0.15) is 5.10 Å². The predicted molar refractivity (Wildman–Crippen MR) is 82.8 cm³/mol. The fraction of sp³-hybridized carbons (Fsp3) is 0.800. The van der Waals surface area contributed by atoms with Gasteiger partial charge in [0.1, 0.15) is 6.10 Å². The van der Waals surface area contributed by atoms with E-state index in [9.17, 15) is 0 Å². The number of nitrogens with zero attached hydrogens (tertiary/aromatic N) is 2. The Labute approximate surface area is 132 Å². The van der Waals surface area contributed by atoms with Crippen LogP contribution >= 0.6 is 0 Å². The molecular weight excluding hydrogens is 283 g/mol. The van der Waals surface area contributed by atoms with Gasteiger partial charge in [0, 0.05) is 17.9 Å². The number of aromatic nitrogens is 2. The van der Waals surface area contributed by atoms with E-state index < -0.39 is 5.79 Å². The summed E-state index contributed by atoms with van der Waals surface area (Å²) in [6.07, 6.45) is 3.76. The van der Waals surface area contributed by atoms with E-state index in [0.717, 1.165) is 5.46 Å². The highest BCUT2D eigenvalue weighted by Crippen LogP contribution is 2.36. The van der Waals surface area contributed by atoms with Crippen molar-refractivity contribution in [2.24, 2.45) is 0 Å². The summed E-state index contributed by atoms with van der Waals surface area (Å²) in [6, 6.07) is 0. The Morgan fingerprint density at radius 2 is 1.82 bits per heavy atom. The molecule has 3 heterocycles. The maximum atomic E-state index is 6.04. The van der Waals surface area contributed by atoms with Crippen LogP contribution in [0.3, 0.4) is 0 Å². The zero-order valence-corrected chi connectivity index (χ0v) is 14.3. The van der Waals surface area contributed by atoms with Crippen molar-refractivity contribution in [2.75, 3.05) is 6.61 Å². The fourth-order valence-corrected chi connectivity index (χ4v) is 2.64. The van der Waals surface area contributed by atoms with E-state index in [2.05, 4.69) is 5.10 Å². The molecule has 0 N–H and O–H groups in total. The molecule has 0 aliphatic carbocycles. The van der Waals surface area contributed by atoms with E-state index in [4.69, 9.17) is 18.8 Å². The second-order valence-corrected chi connectivity index (χ2v) is 7.53. The van der Waals surface area contributed by atoms with Gasteiger partial charge < -0.3 is 18.8 Å². The SMILES string of the molecule is CC1(C)OC[C@@H](Cn2cc(B3OC(C)(C)C(C)(C)O3)cn2)O1. The molecule has 0 saturated carbocycles. The molecule has 2 aliphatic heterocycles. The lowest BCUT2D eigenvalue weighted by atomic mass is 9.82. The van der Waals surface area contributed by atoms with Gasteiger partial charge in [-0.1, -0.05) is 0 Å². The molecule has 0 radical (unpaired) electrons. The lowest BCUT2D eigenvalue weighted by Gasteiger charge is -2.32. The summed E-state index contributed by atoms with van der Waals surface area (Å²) in [5, 5.41) is 4.39. The molecular formula is C15H25BN2O4. The first-order valence-electron chi connectivity index (χ1n) is 7.78. The molecule has 1 aromatic rings. The van der Waals surface area contributed by atoms with Crippen LogP contribution in [0.25, 0.3) is 0 Å². The van der Waals surface area contributed by atoms with E-state index >= 15 is 0 Å². The molecule has 0 aromatic carbocycles. The van der Waals surface area contributed by atoms with E-state index in [1.807, 2.05) is 52.4 Å². The van der Waals surface area contributed by atoms with Crippen molar-refractivity contribution in [3.8, 4) is 0 Å². The highest BCUT2D eigenvalue weighted by molar-refractivity contribution is 6.61. The third-order valence-electron chi connectivity index (χ3n) is 4.64. The molecule has 22 heavy (non-hydrogen) atoms. The molecule has 7 heteroatoms. The van der Waals surface area contributed by atoms with Gasteiger partial charge in [-0.15, -0.1) is 0 Å². The minimum Gasteiger partial charge on any atom is -0.399 e. The predicted octanol–water partition coefficient (Wildman–Crippen LogP) is 1.33. The van der Waals surface area contributed by atoms with Crippen molar-refractivity contribution in [3.63, 3.8) is 0 Å². The molecule has 6 nitrogen and oxygen atoms in total. The Morgan fingerprint density at radius 3 is 2.36 bits per heavy atom. The monoisotopic (exact) mass is 308 g/mol. The molecule has 2 saturated heterocycles. The van der Waals surface area contributed by atoms with Gasteiger partial charge in [-0.25, -0.2) is 0 Å². The Bertz CT molecular complexity index is 539. The van der Waals surface area contributed by atoms with Gasteiger partial charge >= 0.3 is 7.12 Å². The number of ether oxygens (including phenoxy) is 2. The maximum Gasteiger partial charge on any atom is 0.498 e. The highest BCUT2D eigenvalue weighted by Gasteiger charge is 2.52. The third kappa shape index (κ3) is 2.95. The van der Waals surface area contributed by atoms with Gasteiger partial charge in [0.25, 0.3) is 0 Å². The molecule has 122 valence electrons. The van der Waals surface area contributed by atoms with Crippen molar-refractivity contribution in [1.82, 2.24) is 9.78 Å². The lowest BCUT2D eigenvalue weighted by Crippen LogP contribution is -2.41. The largest absolute Gasteiger partial charge is 0.498 e. The van der Waals surface area contributed by atoms with Crippen LogP contribution in [0.1, 0.15) is 41.5 Å². The van der Waals surface area contributed by atoms with E-state index in [0.29, 0.717) is 13.2 Å². The van der Waals surface area contributed by atoms with Crippen LogP contribution in [0.4, 0.5) is 0 Å². The molecule has 1 atom stereocenters. The molecule has 2 aliphatic rings. The van der Waals surface area contributed by atoms with Gasteiger partial charge in [-0.05, 0) is 41.5 Å². The minimum absolute atomic E-state index is 0.0149. The first-order valence-corrected chi connectivity index (χ1v) is 7.78. The van der Waals surface area contributed by atoms with Crippen LogP contribution in [0, 0.1) is 0 Å². The van der Waals surface area contributed by atoms with Crippen LogP contribution in [0.15, 0.2) is 12.4 Å². The number of hydrogen-bond donors (Lipinski definition) is 0. The topological polar surface area (TPSA) is 54.7 Å². The smallest absolute Gasteiger partial charge is 0.399 e. The molecule has 0 spiro atoms. The quantitative estimate of drug-likeness (QED) is 0.789. The van der Waals surface area contributed by atoms with Gasteiger partial charge in [-0.3, -0.25) is 4.68 Å². The summed E-state index contributed by atoms with van der Waals surface area (Å²) in [6.45, 7) is 13.3. The summed E-state index contributed by atoms with van der Waals surface area (Å²) in [5.74, 6) is -0.508. The van der Waals surface area contributed by atoms with Crippen molar-refractivity contribution in [1.29, 1.82) is 0 Å². The molecule has 0 unspecified atom stereocenters. The molecule has 1 aromatic heterocycles. The fourth-order valence-electron chi connectivity index (χ4n) is 2.64. The summed E-state index contributed by atoms with van der Waals surface area (Å²) in [5.41, 5.74) is 0.245. The maximum absolute atomic E-state index is 6.04. The molecule has 2 fully saturated rings. The van der Waals surface area contributed by atoms with Crippen molar-refractivity contribution in [3.05, 3.63) is 12.4 Å². The lowest BCUT2D eigenvalue weighted by molar-refractivity contribution is -0.139. The molecule has 0 amide bonds. The van der Waals surface area contributed by atoms with Crippen LogP contribution in [0.5, 0.6) is 0 Å². The van der Waals surface area contributed by atoms with Crippen molar-refractivity contribution < 1.29 is 18.8 Å². The third-order valence-corrected chi connectivity index (χ3v) is 4.64. The standard InChI is InChI=1S/C15H25BN2O4/c1-13(2)14(3,4)22-16(21-13)11-7-17-18(8-11)9-12-10-19-15(5,6)20-12/h7-8,12H,9-10H2,1-6H3/t12-/m1/s1. The summed E-state index contributed by atoms with van der Waals surface area (Å²) in [7, 11) is -0.379.